The summed E-state index contributed by atoms with van der Waals surface area (Å²) >= 11 is 0. The molecular weight excluding hydrogens is 272 g/mol. The molecular formula is C20H30O2. The molecule has 1 aromatic rings. The molecule has 1 saturated carbocycles. The maximum atomic E-state index is 11.6. The molecule has 1 fully saturated rings. The van der Waals surface area contributed by atoms with Crippen LogP contribution in [0.1, 0.15) is 75.8 Å². The van der Waals surface area contributed by atoms with Gasteiger partial charge in [-0.05, 0) is 55.1 Å². The van der Waals surface area contributed by atoms with Crippen molar-refractivity contribution in [1.29, 1.82) is 0 Å². The lowest BCUT2D eigenvalue weighted by atomic mass is 9.77. The molecule has 2 nitrogen and oxygen atoms in total. The normalized spacial score (nSPS) is 21.5. The Hall–Kier alpha value is -1.31. The van der Waals surface area contributed by atoms with Crippen LogP contribution in [0.4, 0.5) is 0 Å². The second kappa shape index (κ2) is 8.97. The van der Waals surface area contributed by atoms with E-state index in [-0.39, 0.29) is 5.97 Å². The lowest BCUT2D eigenvalue weighted by molar-refractivity contribution is -0.142. The number of esters is 1. The minimum Gasteiger partial charge on any atom is -0.465 e. The maximum absolute atomic E-state index is 11.6. The van der Waals surface area contributed by atoms with Crippen LogP contribution < -0.4 is 0 Å². The number of hydrogen-bond donors (Lipinski definition) is 0. The van der Waals surface area contributed by atoms with E-state index < -0.39 is 0 Å². The molecule has 0 saturated heterocycles. The first kappa shape index (κ1) is 17.1. The fraction of sp³-hybridized carbons (Fsp3) is 0.650. The molecule has 22 heavy (non-hydrogen) atoms. The number of ether oxygens (including phenoxy) is 1. The van der Waals surface area contributed by atoms with Crippen LogP contribution in [0.2, 0.25) is 0 Å². The van der Waals surface area contributed by atoms with Gasteiger partial charge in [-0.25, -0.2) is 0 Å². The van der Waals surface area contributed by atoms with Crippen LogP contribution in [0.3, 0.4) is 0 Å². The quantitative estimate of drug-likeness (QED) is 0.642. The van der Waals surface area contributed by atoms with E-state index in [1.165, 1.54) is 44.1 Å². The molecule has 0 aromatic heterocycles. The van der Waals surface area contributed by atoms with Crippen molar-refractivity contribution in [2.24, 2.45) is 5.92 Å². The number of benzene rings is 1. The zero-order valence-corrected chi connectivity index (χ0v) is 14.1. The summed E-state index contributed by atoms with van der Waals surface area (Å²) in [4.78, 5) is 11.6. The number of carbonyl (C=O) groups is 1. The van der Waals surface area contributed by atoms with Gasteiger partial charge < -0.3 is 4.74 Å². The van der Waals surface area contributed by atoms with Gasteiger partial charge in [0.2, 0.25) is 0 Å². The summed E-state index contributed by atoms with van der Waals surface area (Å²) in [6, 6.07) is 8.63. The Morgan fingerprint density at radius 2 is 1.73 bits per heavy atom. The van der Waals surface area contributed by atoms with E-state index in [1.807, 2.05) is 6.92 Å². The first-order valence-electron chi connectivity index (χ1n) is 8.97. The van der Waals surface area contributed by atoms with E-state index >= 15 is 0 Å². The molecule has 122 valence electrons. The highest BCUT2D eigenvalue weighted by Gasteiger charge is 2.21. The largest absolute Gasteiger partial charge is 0.465 e. The highest BCUT2D eigenvalue weighted by atomic mass is 16.5. The van der Waals surface area contributed by atoms with E-state index in [0.717, 1.165) is 17.9 Å². The van der Waals surface area contributed by atoms with Crippen molar-refractivity contribution in [3.05, 3.63) is 35.4 Å². The summed E-state index contributed by atoms with van der Waals surface area (Å²) in [5, 5.41) is 0. The molecule has 0 amide bonds. The molecule has 0 heterocycles. The van der Waals surface area contributed by atoms with Crippen LogP contribution in [0, 0.1) is 5.92 Å². The molecule has 2 rings (SSSR count). The monoisotopic (exact) mass is 302 g/mol. The van der Waals surface area contributed by atoms with Crippen molar-refractivity contribution in [3.8, 4) is 0 Å². The third-order valence-corrected chi connectivity index (χ3v) is 4.81. The molecule has 0 aliphatic heterocycles. The van der Waals surface area contributed by atoms with E-state index in [2.05, 4.69) is 31.2 Å². The van der Waals surface area contributed by atoms with Gasteiger partial charge in [0.05, 0.1) is 13.0 Å². The summed E-state index contributed by atoms with van der Waals surface area (Å²) in [7, 11) is 0. The minimum absolute atomic E-state index is 0.116. The van der Waals surface area contributed by atoms with E-state index in [9.17, 15) is 4.79 Å². The van der Waals surface area contributed by atoms with Crippen LogP contribution in [0.25, 0.3) is 0 Å². The van der Waals surface area contributed by atoms with Gasteiger partial charge in [0.25, 0.3) is 0 Å². The Morgan fingerprint density at radius 1 is 1.05 bits per heavy atom. The predicted octanol–water partition coefficient (Wildman–Crippen LogP) is 5.26. The molecule has 0 spiro atoms. The highest BCUT2D eigenvalue weighted by molar-refractivity contribution is 5.72. The molecule has 1 aliphatic carbocycles. The van der Waals surface area contributed by atoms with Gasteiger partial charge in [-0.15, -0.1) is 0 Å². The number of rotatable bonds is 7. The van der Waals surface area contributed by atoms with Gasteiger partial charge in [-0.1, -0.05) is 51.0 Å². The Kier molecular flexibility index (Phi) is 6.95. The van der Waals surface area contributed by atoms with E-state index in [1.54, 1.807) is 0 Å². The zero-order chi connectivity index (χ0) is 15.8. The fourth-order valence-electron chi connectivity index (χ4n) is 3.53. The Bertz CT molecular complexity index is 441. The fourth-order valence-corrected chi connectivity index (χ4v) is 3.53. The van der Waals surface area contributed by atoms with Crippen molar-refractivity contribution < 1.29 is 9.53 Å². The van der Waals surface area contributed by atoms with Crippen LogP contribution in [0.5, 0.6) is 0 Å². The molecule has 1 aliphatic rings. The smallest absolute Gasteiger partial charge is 0.310 e. The third-order valence-electron chi connectivity index (χ3n) is 4.81. The predicted molar refractivity (Wildman–Crippen MR) is 91.0 cm³/mol. The lowest BCUT2D eigenvalue weighted by Gasteiger charge is -2.28. The summed E-state index contributed by atoms with van der Waals surface area (Å²) < 4.78 is 5.14. The second-order valence-corrected chi connectivity index (χ2v) is 6.65. The van der Waals surface area contributed by atoms with Crippen molar-refractivity contribution in [1.82, 2.24) is 0 Å². The molecule has 0 unspecified atom stereocenters. The Morgan fingerprint density at radius 3 is 2.32 bits per heavy atom. The average Bonchev–Trinajstić information content (AvgIpc) is 2.55. The average molecular weight is 302 g/mol. The minimum atomic E-state index is -0.116. The Labute approximate surface area is 135 Å². The number of carbonyl (C=O) groups excluding carboxylic acids is 1. The van der Waals surface area contributed by atoms with Gasteiger partial charge in [-0.3, -0.25) is 4.79 Å². The van der Waals surface area contributed by atoms with Gasteiger partial charge in [-0.2, -0.15) is 0 Å². The van der Waals surface area contributed by atoms with E-state index in [0.29, 0.717) is 18.9 Å². The lowest BCUT2D eigenvalue weighted by Crippen LogP contribution is -2.13. The molecule has 0 radical (unpaired) electrons. The van der Waals surface area contributed by atoms with Gasteiger partial charge >= 0.3 is 5.97 Å². The SMILES string of the molecule is CCCOC(=O)Cc1ccc(C2CCC(CCC)CC2)cc1. The summed E-state index contributed by atoms with van der Waals surface area (Å²) in [6.45, 7) is 4.82. The van der Waals surface area contributed by atoms with Crippen molar-refractivity contribution >= 4 is 5.97 Å². The van der Waals surface area contributed by atoms with Crippen LogP contribution >= 0.6 is 0 Å². The van der Waals surface area contributed by atoms with Gasteiger partial charge in [0, 0.05) is 0 Å². The molecule has 0 atom stereocenters. The Balaban J connectivity index is 1.83. The van der Waals surface area contributed by atoms with Crippen molar-refractivity contribution in [3.63, 3.8) is 0 Å². The van der Waals surface area contributed by atoms with Crippen molar-refractivity contribution in [2.45, 2.75) is 71.1 Å². The second-order valence-electron chi connectivity index (χ2n) is 6.65. The molecule has 1 aromatic carbocycles. The summed E-state index contributed by atoms with van der Waals surface area (Å²) in [5.74, 6) is 1.55. The van der Waals surface area contributed by atoms with Crippen LogP contribution in [0.15, 0.2) is 24.3 Å². The molecule has 0 bridgehead atoms. The number of hydrogen-bond acceptors (Lipinski definition) is 2. The van der Waals surface area contributed by atoms with Crippen LogP contribution in [-0.4, -0.2) is 12.6 Å². The van der Waals surface area contributed by atoms with Gasteiger partial charge in [0.1, 0.15) is 0 Å². The standard InChI is InChI=1S/C20H30O2/c1-3-5-16-6-10-18(11-7-16)19-12-8-17(9-13-19)15-20(21)22-14-4-2/h8-9,12-13,16,18H,3-7,10-11,14-15H2,1-2H3. The highest BCUT2D eigenvalue weighted by Crippen LogP contribution is 2.37. The first-order valence-corrected chi connectivity index (χ1v) is 8.97. The summed E-state index contributed by atoms with van der Waals surface area (Å²) in [6.07, 6.45) is 9.39. The summed E-state index contributed by atoms with van der Waals surface area (Å²) in [5.41, 5.74) is 2.50. The first-order chi connectivity index (χ1) is 10.7. The maximum Gasteiger partial charge on any atom is 0.310 e. The third kappa shape index (κ3) is 5.15. The van der Waals surface area contributed by atoms with E-state index in [4.69, 9.17) is 4.74 Å². The molecule has 0 N–H and O–H groups in total. The van der Waals surface area contributed by atoms with Crippen LogP contribution in [-0.2, 0) is 16.0 Å². The topological polar surface area (TPSA) is 26.3 Å². The zero-order valence-electron chi connectivity index (χ0n) is 14.1. The van der Waals surface area contributed by atoms with Gasteiger partial charge in [0.15, 0.2) is 0 Å². The van der Waals surface area contributed by atoms with Crippen molar-refractivity contribution in [2.75, 3.05) is 6.61 Å². The molecule has 2 heteroatoms.